The molecular formula is C11H10N2O6S. The molecule has 8 nitrogen and oxygen atoms in total. The number of nitro groups is 1. The van der Waals surface area contributed by atoms with Crippen molar-refractivity contribution in [3.63, 3.8) is 0 Å². The molecule has 0 radical (unpaired) electrons. The fourth-order valence-electron chi connectivity index (χ4n) is 1.80. The summed E-state index contributed by atoms with van der Waals surface area (Å²) in [5, 5.41) is 23.5. The van der Waals surface area contributed by atoms with Gasteiger partial charge >= 0.3 is 5.97 Å². The smallest absolute Gasteiger partial charge is 0.335 e. The number of aromatic carboxylic acids is 1. The van der Waals surface area contributed by atoms with E-state index in [1.807, 2.05) is 0 Å². The number of hydrogen-bond acceptors (Lipinski definition) is 6. The summed E-state index contributed by atoms with van der Waals surface area (Å²) in [6.45, 7) is 0. The monoisotopic (exact) mass is 298 g/mol. The number of nitrogens with zero attached hydrogens (tertiary/aromatic N) is 1. The third-order valence-electron chi connectivity index (χ3n) is 2.71. The minimum atomic E-state index is -3.28. The fraction of sp³-hybridized carbons (Fsp3) is 0.182. The lowest BCUT2D eigenvalue weighted by molar-refractivity contribution is -0.384. The van der Waals surface area contributed by atoms with Crippen molar-refractivity contribution < 1.29 is 23.2 Å². The van der Waals surface area contributed by atoms with Gasteiger partial charge in [0, 0.05) is 11.5 Å². The van der Waals surface area contributed by atoms with Crippen molar-refractivity contribution in [2.45, 2.75) is 6.04 Å². The highest BCUT2D eigenvalue weighted by atomic mass is 32.2. The van der Waals surface area contributed by atoms with Crippen LogP contribution in [-0.4, -0.2) is 36.2 Å². The van der Waals surface area contributed by atoms with Gasteiger partial charge in [-0.05, 0) is 12.1 Å². The lowest BCUT2D eigenvalue weighted by Gasteiger charge is -2.12. The average Bonchev–Trinajstić information content (AvgIpc) is 2.68. The maximum absolute atomic E-state index is 11.3. The Labute approximate surface area is 113 Å². The van der Waals surface area contributed by atoms with Gasteiger partial charge in [-0.15, -0.1) is 0 Å². The van der Waals surface area contributed by atoms with E-state index in [-0.39, 0.29) is 17.0 Å². The van der Waals surface area contributed by atoms with Gasteiger partial charge in [0.15, 0.2) is 9.84 Å². The van der Waals surface area contributed by atoms with E-state index in [4.69, 9.17) is 5.11 Å². The first-order valence-electron chi connectivity index (χ1n) is 5.48. The Morgan fingerprint density at radius 1 is 1.45 bits per heavy atom. The number of carboxylic acids is 1. The van der Waals surface area contributed by atoms with Gasteiger partial charge in [0.2, 0.25) is 0 Å². The number of carbonyl (C=O) groups is 1. The minimum Gasteiger partial charge on any atom is -0.478 e. The van der Waals surface area contributed by atoms with Crippen LogP contribution in [0.1, 0.15) is 10.4 Å². The Kier molecular flexibility index (Phi) is 3.45. The number of anilines is 1. The Bertz CT molecular complexity index is 710. The maximum atomic E-state index is 11.3. The van der Waals surface area contributed by atoms with Crippen LogP contribution in [0.5, 0.6) is 0 Å². The first-order chi connectivity index (χ1) is 9.28. The molecule has 0 spiro atoms. The molecule has 1 heterocycles. The van der Waals surface area contributed by atoms with Crippen LogP contribution in [0.4, 0.5) is 11.4 Å². The van der Waals surface area contributed by atoms with Crippen molar-refractivity contribution >= 4 is 27.2 Å². The Morgan fingerprint density at radius 2 is 2.15 bits per heavy atom. The summed E-state index contributed by atoms with van der Waals surface area (Å²) in [4.78, 5) is 21.0. The van der Waals surface area contributed by atoms with Gasteiger partial charge < -0.3 is 10.4 Å². The van der Waals surface area contributed by atoms with Gasteiger partial charge in [-0.25, -0.2) is 13.2 Å². The van der Waals surface area contributed by atoms with E-state index in [2.05, 4.69) is 5.32 Å². The van der Waals surface area contributed by atoms with Gasteiger partial charge in [0.05, 0.1) is 22.3 Å². The van der Waals surface area contributed by atoms with Crippen LogP contribution in [-0.2, 0) is 9.84 Å². The lowest BCUT2D eigenvalue weighted by Crippen LogP contribution is -2.21. The van der Waals surface area contributed by atoms with Crippen molar-refractivity contribution in [2.75, 3.05) is 11.1 Å². The lowest BCUT2D eigenvalue weighted by atomic mass is 10.1. The van der Waals surface area contributed by atoms with Crippen molar-refractivity contribution in [2.24, 2.45) is 0 Å². The van der Waals surface area contributed by atoms with E-state index in [0.29, 0.717) is 0 Å². The Balaban J connectivity index is 2.30. The largest absolute Gasteiger partial charge is 0.478 e. The number of benzene rings is 1. The molecular weight excluding hydrogens is 288 g/mol. The highest BCUT2D eigenvalue weighted by molar-refractivity contribution is 7.94. The summed E-state index contributed by atoms with van der Waals surface area (Å²) in [6.07, 6.45) is 1.39. The van der Waals surface area contributed by atoms with Crippen LogP contribution >= 0.6 is 0 Å². The molecule has 1 aromatic rings. The van der Waals surface area contributed by atoms with Crippen molar-refractivity contribution in [1.82, 2.24) is 0 Å². The number of carboxylic acid groups (broad SMARTS) is 1. The van der Waals surface area contributed by atoms with E-state index in [1.165, 1.54) is 18.2 Å². The molecule has 0 amide bonds. The topological polar surface area (TPSA) is 127 Å². The number of rotatable bonds is 4. The summed E-state index contributed by atoms with van der Waals surface area (Å²) in [5.74, 6) is -1.46. The van der Waals surface area contributed by atoms with Gasteiger partial charge in [-0.1, -0.05) is 6.08 Å². The maximum Gasteiger partial charge on any atom is 0.335 e. The standard InChI is InChI=1S/C11H10N2O6S/c14-11(15)7-1-2-9(10(5-7)13(16)17)12-8-3-4-20(18,19)6-8/h1-5,8,12H,6H2,(H,14,15). The SMILES string of the molecule is O=C(O)c1ccc(NC2C=CS(=O)(=O)C2)c([N+](=O)[O-])c1. The molecule has 1 atom stereocenters. The van der Waals surface area contributed by atoms with Crippen LogP contribution in [0.15, 0.2) is 29.7 Å². The zero-order chi connectivity index (χ0) is 14.9. The molecule has 106 valence electrons. The zero-order valence-corrected chi connectivity index (χ0v) is 10.8. The highest BCUT2D eigenvalue weighted by Gasteiger charge is 2.24. The predicted molar refractivity (Wildman–Crippen MR) is 70.4 cm³/mol. The van der Waals surface area contributed by atoms with E-state index >= 15 is 0 Å². The van der Waals surface area contributed by atoms with E-state index in [9.17, 15) is 23.3 Å². The average molecular weight is 298 g/mol. The van der Waals surface area contributed by atoms with Crippen LogP contribution in [0.3, 0.4) is 0 Å². The molecule has 1 aliphatic heterocycles. The molecule has 0 fully saturated rings. The highest BCUT2D eigenvalue weighted by Crippen LogP contribution is 2.27. The second-order valence-corrected chi connectivity index (χ2v) is 6.13. The van der Waals surface area contributed by atoms with Gasteiger partial charge in [-0.3, -0.25) is 10.1 Å². The summed E-state index contributed by atoms with van der Waals surface area (Å²) >= 11 is 0. The summed E-state index contributed by atoms with van der Waals surface area (Å²) < 4.78 is 22.5. The second kappa shape index (κ2) is 4.93. The molecule has 2 rings (SSSR count). The van der Waals surface area contributed by atoms with Gasteiger partial charge in [0.25, 0.3) is 5.69 Å². The molecule has 1 aliphatic rings. The van der Waals surface area contributed by atoms with Crippen LogP contribution in [0.25, 0.3) is 0 Å². The van der Waals surface area contributed by atoms with Gasteiger partial charge in [0.1, 0.15) is 5.69 Å². The summed E-state index contributed by atoms with van der Waals surface area (Å²) in [6, 6.07) is 2.82. The van der Waals surface area contributed by atoms with Crippen LogP contribution in [0, 0.1) is 10.1 Å². The van der Waals surface area contributed by atoms with Gasteiger partial charge in [-0.2, -0.15) is 0 Å². The van der Waals surface area contributed by atoms with Crippen molar-refractivity contribution in [3.8, 4) is 0 Å². The predicted octanol–water partition coefficient (Wildman–Crippen LogP) is 1.02. The molecule has 1 aromatic carbocycles. The zero-order valence-electron chi connectivity index (χ0n) is 10.0. The first-order valence-corrected chi connectivity index (χ1v) is 7.19. The fourth-order valence-corrected chi connectivity index (χ4v) is 3.04. The Hall–Kier alpha value is -2.42. The number of nitrogens with one attached hydrogen (secondary N) is 1. The Morgan fingerprint density at radius 3 is 2.65 bits per heavy atom. The number of hydrogen-bond donors (Lipinski definition) is 2. The molecule has 0 bridgehead atoms. The third-order valence-corrected chi connectivity index (χ3v) is 4.11. The number of sulfone groups is 1. The molecule has 0 aromatic heterocycles. The molecule has 1 unspecified atom stereocenters. The molecule has 0 saturated carbocycles. The molecule has 9 heteroatoms. The second-order valence-electron chi connectivity index (χ2n) is 4.20. The van der Waals surface area contributed by atoms with E-state index in [1.54, 1.807) is 0 Å². The normalized spacial score (nSPS) is 19.7. The van der Waals surface area contributed by atoms with Crippen molar-refractivity contribution in [3.05, 3.63) is 45.4 Å². The third kappa shape index (κ3) is 2.94. The molecule has 2 N–H and O–H groups in total. The van der Waals surface area contributed by atoms with Crippen LogP contribution < -0.4 is 5.32 Å². The number of nitro benzene ring substituents is 1. The van der Waals surface area contributed by atoms with Crippen LogP contribution in [0.2, 0.25) is 0 Å². The first kappa shape index (κ1) is 14.0. The van der Waals surface area contributed by atoms with Crippen molar-refractivity contribution in [1.29, 1.82) is 0 Å². The minimum absolute atomic E-state index is 0.0757. The molecule has 0 aliphatic carbocycles. The van der Waals surface area contributed by atoms with E-state index in [0.717, 1.165) is 11.5 Å². The van der Waals surface area contributed by atoms with E-state index < -0.39 is 32.5 Å². The molecule has 20 heavy (non-hydrogen) atoms. The molecule has 0 saturated heterocycles. The summed E-state index contributed by atoms with van der Waals surface area (Å²) in [5.41, 5.74) is -0.550. The quantitative estimate of drug-likeness (QED) is 0.627. The summed E-state index contributed by atoms with van der Waals surface area (Å²) in [7, 11) is -3.28.